The Kier molecular flexibility index (Phi) is 13.2. The van der Waals surface area contributed by atoms with Crippen molar-refractivity contribution < 1.29 is 33.9 Å². The minimum absolute atomic E-state index is 0.0539. The van der Waals surface area contributed by atoms with Crippen molar-refractivity contribution in [3.8, 4) is 0 Å². The van der Waals surface area contributed by atoms with Gasteiger partial charge in [0.1, 0.15) is 23.5 Å². The van der Waals surface area contributed by atoms with Gasteiger partial charge in [0.2, 0.25) is 5.91 Å². The van der Waals surface area contributed by atoms with Crippen molar-refractivity contribution in [2.24, 2.45) is 5.41 Å². The maximum atomic E-state index is 12.4. The van der Waals surface area contributed by atoms with Crippen LogP contribution in [0, 0.1) is 5.41 Å². The van der Waals surface area contributed by atoms with E-state index in [-0.39, 0.29) is 34.8 Å². The summed E-state index contributed by atoms with van der Waals surface area (Å²) in [6.45, 7) is 9.78. The van der Waals surface area contributed by atoms with Gasteiger partial charge in [-0.15, -0.1) is 16.9 Å². The molecule has 2 fully saturated rings. The van der Waals surface area contributed by atoms with Gasteiger partial charge in [-0.1, -0.05) is 32.4 Å². The largest absolute Gasteiger partial charge is 0.447 e. The topological polar surface area (TPSA) is 195 Å². The number of aryl methyl sites for hydroxylation is 1. The number of fused-ring (bicyclic) bond motifs is 1. The van der Waals surface area contributed by atoms with Crippen molar-refractivity contribution in [1.82, 2.24) is 36.5 Å². The van der Waals surface area contributed by atoms with Crippen molar-refractivity contribution in [3.05, 3.63) is 11.9 Å². The zero-order valence-corrected chi connectivity index (χ0v) is 27.2. The molecule has 15 heteroatoms. The lowest BCUT2D eigenvalue weighted by Crippen LogP contribution is -2.80. The molecule has 1 aromatic rings. The van der Waals surface area contributed by atoms with Gasteiger partial charge in [0, 0.05) is 42.0 Å². The van der Waals surface area contributed by atoms with Gasteiger partial charge in [-0.25, -0.2) is 25.8 Å². The Morgan fingerprint density at radius 3 is 2.59 bits per heavy atom. The minimum atomic E-state index is -0.348. The molecule has 44 heavy (non-hydrogen) atoms. The second kappa shape index (κ2) is 16.9. The Morgan fingerprint density at radius 2 is 1.86 bits per heavy atom. The molecular formula is C29H51N8O6S+. The molecule has 14 nitrogen and oxygen atoms in total. The lowest BCUT2D eigenvalue weighted by Gasteiger charge is -2.19. The van der Waals surface area contributed by atoms with E-state index in [1.54, 1.807) is 4.68 Å². The number of carbonyl (C=O) groups excluding carboxylic acids is 2. The highest BCUT2D eigenvalue weighted by Crippen LogP contribution is 2.30. The first-order chi connectivity index (χ1) is 21.1. The monoisotopic (exact) mass is 639 g/mol. The number of hydrazine groups is 1. The number of Topliss-reactive ketones (excluding diaryl/α,β-unsaturated/α-hetero) is 1. The van der Waals surface area contributed by atoms with Crippen LogP contribution in [-0.2, 0) is 36.8 Å². The molecule has 1 aromatic heterocycles. The third-order valence-corrected chi connectivity index (χ3v) is 9.55. The summed E-state index contributed by atoms with van der Waals surface area (Å²) in [7, 11) is 0. The van der Waals surface area contributed by atoms with E-state index in [0.717, 1.165) is 43.6 Å². The second-order valence-corrected chi connectivity index (χ2v) is 14.0. The van der Waals surface area contributed by atoms with Gasteiger partial charge in [0.25, 0.3) is 0 Å². The van der Waals surface area contributed by atoms with E-state index in [1.165, 1.54) is 0 Å². The number of thioether (sulfide) groups is 1. The molecule has 4 heterocycles. The number of amidine groups is 1. The fourth-order valence-corrected chi connectivity index (χ4v) is 6.72. The number of carbonyl (C=O) groups is 2. The molecule has 0 aromatic carbocycles. The number of hydrogen-bond acceptors (Lipinski definition) is 11. The van der Waals surface area contributed by atoms with Crippen LogP contribution in [0.15, 0.2) is 6.20 Å². The predicted octanol–water partition coefficient (Wildman–Crippen LogP) is -0.803. The van der Waals surface area contributed by atoms with Crippen LogP contribution in [0.3, 0.4) is 0 Å². The highest BCUT2D eigenvalue weighted by molar-refractivity contribution is 8.00. The van der Waals surface area contributed by atoms with Crippen molar-refractivity contribution in [3.63, 3.8) is 0 Å². The average Bonchev–Trinajstić information content (AvgIpc) is 3.25. The van der Waals surface area contributed by atoms with Crippen LogP contribution < -0.4 is 26.5 Å². The molecule has 4 rings (SSSR count). The van der Waals surface area contributed by atoms with E-state index in [1.807, 2.05) is 38.7 Å². The Labute approximate surface area is 264 Å². The van der Waals surface area contributed by atoms with Crippen molar-refractivity contribution in [2.75, 3.05) is 51.9 Å². The van der Waals surface area contributed by atoms with Crippen LogP contribution in [0.25, 0.3) is 0 Å². The number of ketones is 1. The normalized spacial score (nSPS) is 22.0. The maximum Gasteiger partial charge on any atom is 0.440 e. The number of aliphatic hydroxyl groups is 1. The third-order valence-electron chi connectivity index (χ3n) is 8.04. The molecule has 1 amide bonds. The summed E-state index contributed by atoms with van der Waals surface area (Å²) < 4.78 is 18.5. The van der Waals surface area contributed by atoms with Crippen LogP contribution in [0.1, 0.15) is 65.0 Å². The standard InChI is InChI=1S/C29H50N8O6S/c1-28(2,3)24(38)18-29(34-35-29)9-8-21-19-37(36-33-21)11-13-42-15-17-43-16-14-41-12-10-30-25(39)7-5-4-6-23-26-22(20-44-23)31-27(40)32-26/h19,22-23,26,34-35H,4-18,20H2,1-3H3,(H,30,39)(H2,31,32,40)/p+1/t22-,23-,26-/m0/s1. The van der Waals surface area contributed by atoms with Crippen molar-refractivity contribution in [2.45, 2.75) is 95.3 Å². The number of unbranched alkanes of at least 4 members (excludes halogenated alkanes) is 1. The summed E-state index contributed by atoms with van der Waals surface area (Å²) in [5, 5.41) is 24.4. The number of nitrogens with one attached hydrogen (secondary N) is 5. The molecule has 3 aliphatic rings. The average molecular weight is 640 g/mol. The van der Waals surface area contributed by atoms with Gasteiger partial charge in [-0.3, -0.25) is 9.59 Å². The first-order valence-electron chi connectivity index (χ1n) is 15.8. The highest BCUT2D eigenvalue weighted by Gasteiger charge is 2.46. The number of amides is 1. The number of ether oxygens (including phenoxy) is 3. The van der Waals surface area contributed by atoms with E-state index in [9.17, 15) is 14.7 Å². The number of nitrogens with zero attached hydrogens (tertiary/aromatic N) is 3. The fraction of sp³-hybridized carbons (Fsp3) is 0.828. The van der Waals surface area contributed by atoms with Crippen LogP contribution in [0.4, 0.5) is 0 Å². The van der Waals surface area contributed by atoms with Crippen LogP contribution in [0.5, 0.6) is 0 Å². The lowest BCUT2D eigenvalue weighted by atomic mass is 9.85. The molecule has 248 valence electrons. The van der Waals surface area contributed by atoms with Gasteiger partial charge in [0.15, 0.2) is 0 Å². The van der Waals surface area contributed by atoms with E-state index >= 15 is 0 Å². The van der Waals surface area contributed by atoms with Crippen LogP contribution in [-0.4, -0.2) is 113 Å². The van der Waals surface area contributed by atoms with E-state index in [4.69, 9.17) is 14.2 Å². The molecule has 0 spiro atoms. The number of aromatic nitrogens is 3. The van der Waals surface area contributed by atoms with Gasteiger partial charge in [0.05, 0.1) is 51.9 Å². The first-order valence-corrected chi connectivity index (χ1v) is 16.9. The first kappa shape index (κ1) is 34.6. The van der Waals surface area contributed by atoms with Gasteiger partial charge in [-0.05, 0) is 25.7 Å². The molecule has 6 N–H and O–H groups in total. The van der Waals surface area contributed by atoms with Crippen LogP contribution >= 0.6 is 11.8 Å². The van der Waals surface area contributed by atoms with E-state index in [2.05, 4.69) is 36.8 Å². The molecule has 0 unspecified atom stereocenters. The quantitative estimate of drug-likeness (QED) is 0.0684. The predicted molar refractivity (Wildman–Crippen MR) is 166 cm³/mol. The second-order valence-electron chi connectivity index (χ2n) is 12.7. The highest BCUT2D eigenvalue weighted by atomic mass is 32.2. The van der Waals surface area contributed by atoms with E-state index in [0.29, 0.717) is 76.9 Å². The SMILES string of the molecule is CC(C)(C)C(=O)CC1(CCc2cn(CCOCCOCCOCCNC(=O)CCCC[C@@H]3SC[C@@H]4NC(O)=[NH+][C@@H]43)nn2)NN1. The zero-order chi connectivity index (χ0) is 31.4. The van der Waals surface area contributed by atoms with E-state index < -0.39 is 0 Å². The van der Waals surface area contributed by atoms with Gasteiger partial charge in [-0.2, -0.15) is 0 Å². The van der Waals surface area contributed by atoms with Crippen LogP contribution in [0.2, 0.25) is 0 Å². The molecule has 0 radical (unpaired) electrons. The minimum Gasteiger partial charge on any atom is -0.447 e. The molecule has 0 bridgehead atoms. The fourth-order valence-electron chi connectivity index (χ4n) is 5.17. The third kappa shape index (κ3) is 11.6. The summed E-state index contributed by atoms with van der Waals surface area (Å²) in [6, 6.07) is 0.786. The summed E-state index contributed by atoms with van der Waals surface area (Å²) >= 11 is 1.93. The lowest BCUT2D eigenvalue weighted by molar-refractivity contribution is -0.500. The summed E-state index contributed by atoms with van der Waals surface area (Å²) in [5.41, 5.74) is 6.49. The van der Waals surface area contributed by atoms with Gasteiger partial charge < -0.3 is 24.6 Å². The molecule has 3 atom stereocenters. The van der Waals surface area contributed by atoms with Crippen molar-refractivity contribution >= 4 is 29.5 Å². The Hall–Kier alpha value is -2.30. The summed E-state index contributed by atoms with van der Waals surface area (Å²) in [4.78, 5) is 27.5. The smallest absolute Gasteiger partial charge is 0.440 e. The Balaban J connectivity index is 0.902. The Bertz CT molecular complexity index is 1090. The molecule has 0 aliphatic carbocycles. The molecule has 0 saturated carbocycles. The molecule has 3 aliphatic heterocycles. The Morgan fingerprint density at radius 1 is 1.14 bits per heavy atom. The zero-order valence-electron chi connectivity index (χ0n) is 26.4. The molecular weight excluding hydrogens is 588 g/mol. The maximum absolute atomic E-state index is 12.4. The number of hydrogen-bond donors (Lipinski definition) is 6. The molecule has 2 saturated heterocycles. The van der Waals surface area contributed by atoms with Gasteiger partial charge >= 0.3 is 6.02 Å². The summed E-state index contributed by atoms with van der Waals surface area (Å²) in [5.74, 6) is 1.28. The summed E-state index contributed by atoms with van der Waals surface area (Å²) in [6.07, 6.45) is 7.29. The number of aliphatic hydroxyl groups excluding tert-OH is 1. The van der Waals surface area contributed by atoms with Crippen molar-refractivity contribution in [1.29, 1.82) is 0 Å². The number of rotatable bonds is 22.